The number of halogens is 1. The molecule has 5 heteroatoms. The lowest BCUT2D eigenvalue weighted by Crippen LogP contribution is -2.39. The Kier molecular flexibility index (Phi) is 3.81. The highest BCUT2D eigenvalue weighted by atomic mass is 35.5. The fraction of sp³-hybridized carbons (Fsp3) is 0.800. The third-order valence-electron chi connectivity index (χ3n) is 2.83. The molecule has 0 N–H and O–H groups in total. The molecule has 0 saturated carbocycles. The number of rotatable bonds is 3. The number of alkyl halides is 1. The summed E-state index contributed by atoms with van der Waals surface area (Å²) in [7, 11) is 0. The maximum Gasteiger partial charge on any atom is 0.205 e. The van der Waals surface area contributed by atoms with Crippen molar-refractivity contribution in [1.29, 1.82) is 0 Å². The van der Waals surface area contributed by atoms with Gasteiger partial charge in [0.2, 0.25) is 5.13 Å². The minimum Gasteiger partial charge on any atom is -0.344 e. The second-order valence-corrected chi connectivity index (χ2v) is 5.05. The second-order valence-electron chi connectivity index (χ2n) is 3.94. The van der Waals surface area contributed by atoms with Gasteiger partial charge < -0.3 is 4.90 Å². The van der Waals surface area contributed by atoms with Crippen LogP contribution in [0.1, 0.15) is 31.5 Å². The van der Waals surface area contributed by atoms with Crippen LogP contribution in [0.5, 0.6) is 0 Å². The lowest BCUT2D eigenvalue weighted by molar-refractivity contribution is 0.450. The number of hydrogen-bond acceptors (Lipinski definition) is 4. The van der Waals surface area contributed by atoms with Gasteiger partial charge in [-0.3, -0.25) is 0 Å². The largest absolute Gasteiger partial charge is 0.344 e. The fourth-order valence-corrected chi connectivity index (χ4v) is 3.11. The van der Waals surface area contributed by atoms with Crippen molar-refractivity contribution in [3.63, 3.8) is 0 Å². The molecule has 2 rings (SSSR count). The van der Waals surface area contributed by atoms with E-state index in [2.05, 4.69) is 14.3 Å². The number of aromatic nitrogens is 2. The van der Waals surface area contributed by atoms with Crippen molar-refractivity contribution >= 4 is 28.3 Å². The van der Waals surface area contributed by atoms with Gasteiger partial charge in [0.05, 0.1) is 0 Å². The van der Waals surface area contributed by atoms with Crippen molar-refractivity contribution in [2.45, 2.75) is 38.6 Å². The molecule has 0 amide bonds. The lowest BCUT2D eigenvalue weighted by atomic mass is 10.0. The molecular formula is C10H16ClN3S. The van der Waals surface area contributed by atoms with E-state index in [9.17, 15) is 0 Å². The average Bonchev–Trinajstić information content (AvgIpc) is 2.66. The van der Waals surface area contributed by atoms with Crippen LogP contribution in [-0.4, -0.2) is 27.8 Å². The third kappa shape index (κ3) is 2.61. The summed E-state index contributed by atoms with van der Waals surface area (Å²) in [5, 5.41) is 1.07. The number of anilines is 1. The van der Waals surface area contributed by atoms with Crippen LogP contribution in [0, 0.1) is 6.92 Å². The van der Waals surface area contributed by atoms with Gasteiger partial charge in [0, 0.05) is 30.0 Å². The van der Waals surface area contributed by atoms with Crippen LogP contribution in [0.25, 0.3) is 0 Å². The van der Waals surface area contributed by atoms with Crippen molar-refractivity contribution in [1.82, 2.24) is 9.36 Å². The van der Waals surface area contributed by atoms with E-state index in [0.717, 1.165) is 29.8 Å². The Morgan fingerprint density at radius 2 is 2.40 bits per heavy atom. The SMILES string of the molecule is Cc1nsc(N2CCCCC2CCCl)n1. The maximum absolute atomic E-state index is 5.83. The molecule has 1 aromatic rings. The molecule has 0 bridgehead atoms. The summed E-state index contributed by atoms with van der Waals surface area (Å²) in [6.07, 6.45) is 4.87. The second kappa shape index (κ2) is 5.12. The summed E-state index contributed by atoms with van der Waals surface area (Å²) in [4.78, 5) is 6.84. The first kappa shape index (κ1) is 11.1. The average molecular weight is 246 g/mol. The molecule has 1 aliphatic rings. The number of nitrogens with zero attached hydrogens (tertiary/aromatic N) is 3. The van der Waals surface area contributed by atoms with Gasteiger partial charge in [0.1, 0.15) is 5.82 Å². The molecule has 1 atom stereocenters. The molecule has 1 aliphatic heterocycles. The number of aryl methyl sites for hydroxylation is 1. The van der Waals surface area contributed by atoms with Gasteiger partial charge in [-0.05, 0) is 32.6 Å². The van der Waals surface area contributed by atoms with Gasteiger partial charge in [-0.1, -0.05) is 0 Å². The first-order valence-corrected chi connectivity index (χ1v) is 6.75. The Hall–Kier alpha value is -0.350. The summed E-state index contributed by atoms with van der Waals surface area (Å²) in [5.41, 5.74) is 0. The summed E-state index contributed by atoms with van der Waals surface area (Å²) >= 11 is 7.34. The van der Waals surface area contributed by atoms with Crippen molar-refractivity contribution in [2.24, 2.45) is 0 Å². The number of piperidine rings is 1. The first-order valence-electron chi connectivity index (χ1n) is 5.44. The first-order chi connectivity index (χ1) is 7.31. The number of hydrogen-bond donors (Lipinski definition) is 0. The van der Waals surface area contributed by atoms with Gasteiger partial charge in [-0.15, -0.1) is 11.6 Å². The van der Waals surface area contributed by atoms with Crippen LogP contribution in [-0.2, 0) is 0 Å². The normalized spacial score (nSPS) is 22.0. The molecule has 84 valence electrons. The Morgan fingerprint density at radius 1 is 1.53 bits per heavy atom. The van der Waals surface area contributed by atoms with Crippen molar-refractivity contribution < 1.29 is 0 Å². The molecule has 2 heterocycles. The molecular weight excluding hydrogens is 230 g/mol. The van der Waals surface area contributed by atoms with E-state index in [1.165, 1.54) is 30.8 Å². The van der Waals surface area contributed by atoms with E-state index in [0.29, 0.717) is 6.04 Å². The summed E-state index contributed by atoms with van der Waals surface area (Å²) in [6.45, 7) is 3.05. The topological polar surface area (TPSA) is 29.0 Å². The summed E-state index contributed by atoms with van der Waals surface area (Å²) < 4.78 is 4.24. The van der Waals surface area contributed by atoms with E-state index in [1.54, 1.807) is 0 Å². The van der Waals surface area contributed by atoms with Crippen LogP contribution >= 0.6 is 23.1 Å². The molecule has 1 aromatic heterocycles. The molecule has 15 heavy (non-hydrogen) atoms. The van der Waals surface area contributed by atoms with Crippen LogP contribution in [0.4, 0.5) is 5.13 Å². The van der Waals surface area contributed by atoms with Crippen LogP contribution in [0.2, 0.25) is 0 Å². The Labute approximate surface area is 99.6 Å². The maximum atomic E-state index is 5.83. The molecule has 0 radical (unpaired) electrons. The summed E-state index contributed by atoms with van der Waals surface area (Å²) in [6, 6.07) is 0.573. The Bertz CT molecular complexity index is 313. The highest BCUT2D eigenvalue weighted by Crippen LogP contribution is 2.27. The van der Waals surface area contributed by atoms with E-state index >= 15 is 0 Å². The molecule has 1 fully saturated rings. The molecule has 1 saturated heterocycles. The standard InChI is InChI=1S/C10H16ClN3S/c1-8-12-10(15-13-8)14-7-3-2-4-9(14)5-6-11/h9H,2-7H2,1H3. The van der Waals surface area contributed by atoms with Crippen molar-refractivity contribution in [3.8, 4) is 0 Å². The zero-order valence-corrected chi connectivity index (χ0v) is 10.5. The minimum absolute atomic E-state index is 0.573. The van der Waals surface area contributed by atoms with Gasteiger partial charge in [-0.2, -0.15) is 4.37 Å². The van der Waals surface area contributed by atoms with Crippen molar-refractivity contribution in [3.05, 3.63) is 5.82 Å². The Balaban J connectivity index is 2.10. The Morgan fingerprint density at radius 3 is 3.07 bits per heavy atom. The highest BCUT2D eigenvalue weighted by molar-refractivity contribution is 7.09. The van der Waals surface area contributed by atoms with Gasteiger partial charge in [0.15, 0.2) is 0 Å². The van der Waals surface area contributed by atoms with Crippen LogP contribution in [0.15, 0.2) is 0 Å². The highest BCUT2D eigenvalue weighted by Gasteiger charge is 2.24. The molecule has 0 spiro atoms. The lowest BCUT2D eigenvalue weighted by Gasteiger charge is -2.34. The molecule has 1 unspecified atom stereocenters. The quantitative estimate of drug-likeness (QED) is 0.767. The van der Waals surface area contributed by atoms with Gasteiger partial charge >= 0.3 is 0 Å². The van der Waals surface area contributed by atoms with Crippen molar-refractivity contribution in [2.75, 3.05) is 17.3 Å². The predicted molar refractivity (Wildman–Crippen MR) is 65.0 cm³/mol. The molecule has 0 aliphatic carbocycles. The fourth-order valence-electron chi connectivity index (χ4n) is 2.08. The zero-order chi connectivity index (χ0) is 10.7. The zero-order valence-electron chi connectivity index (χ0n) is 8.95. The molecule has 3 nitrogen and oxygen atoms in total. The van der Waals surface area contributed by atoms with E-state index in [-0.39, 0.29) is 0 Å². The smallest absolute Gasteiger partial charge is 0.205 e. The van der Waals surface area contributed by atoms with E-state index in [1.807, 2.05) is 6.92 Å². The van der Waals surface area contributed by atoms with E-state index < -0.39 is 0 Å². The molecule has 0 aromatic carbocycles. The van der Waals surface area contributed by atoms with Gasteiger partial charge in [0.25, 0.3) is 0 Å². The summed E-state index contributed by atoms with van der Waals surface area (Å²) in [5.74, 6) is 1.61. The third-order valence-corrected chi connectivity index (χ3v) is 3.89. The minimum atomic E-state index is 0.573. The van der Waals surface area contributed by atoms with Crippen LogP contribution in [0.3, 0.4) is 0 Å². The van der Waals surface area contributed by atoms with Gasteiger partial charge in [-0.25, -0.2) is 4.98 Å². The van der Waals surface area contributed by atoms with Crippen LogP contribution < -0.4 is 4.90 Å². The van der Waals surface area contributed by atoms with E-state index in [4.69, 9.17) is 11.6 Å². The predicted octanol–water partition coefficient (Wildman–Crippen LogP) is 2.83. The monoisotopic (exact) mass is 245 g/mol.